The van der Waals surface area contributed by atoms with Crippen molar-refractivity contribution in [3.05, 3.63) is 71.9 Å². The molecule has 4 atom stereocenters. The lowest BCUT2D eigenvalue weighted by atomic mass is 9.37. The highest BCUT2D eigenvalue weighted by Gasteiger charge is 2.77. The van der Waals surface area contributed by atoms with Gasteiger partial charge in [0.2, 0.25) is 11.8 Å². The van der Waals surface area contributed by atoms with Crippen LogP contribution in [0.2, 0.25) is 0 Å². The Bertz CT molecular complexity index is 1980. The molecule has 3 aliphatic carbocycles. The number of anilines is 2. The molecule has 10 rings (SSSR count). The third kappa shape index (κ3) is 3.58. The van der Waals surface area contributed by atoms with Gasteiger partial charge in [0.1, 0.15) is 5.82 Å². The van der Waals surface area contributed by atoms with Crippen molar-refractivity contribution in [1.82, 2.24) is 45.0 Å². The second-order valence-electron chi connectivity index (χ2n) is 13.6. The molecule has 0 bridgehead atoms. The Morgan fingerprint density at radius 1 is 0.957 bits per heavy atom. The number of pyridine rings is 1. The second-order valence-corrected chi connectivity index (χ2v) is 13.6. The summed E-state index contributed by atoms with van der Waals surface area (Å²) in [4.78, 5) is 32.7. The number of hydrogen-bond donors (Lipinski definition) is 3. The van der Waals surface area contributed by atoms with E-state index in [0.717, 1.165) is 92.0 Å². The third-order valence-corrected chi connectivity index (χ3v) is 11.4. The first-order chi connectivity index (χ1) is 22.6. The van der Waals surface area contributed by atoms with Gasteiger partial charge in [-0.25, -0.2) is 4.98 Å². The zero-order chi connectivity index (χ0) is 30.6. The molecule has 1 spiro atoms. The summed E-state index contributed by atoms with van der Waals surface area (Å²) < 4.78 is 1.82. The summed E-state index contributed by atoms with van der Waals surface area (Å²) in [5.41, 5.74) is 14.0. The highest BCUT2D eigenvalue weighted by atomic mass is 16.2. The fourth-order valence-corrected chi connectivity index (χ4v) is 8.81. The predicted octanol–water partition coefficient (Wildman–Crippen LogP) is 3.61. The van der Waals surface area contributed by atoms with E-state index < -0.39 is 0 Å². The summed E-state index contributed by atoms with van der Waals surface area (Å²) in [5, 5.41) is 15.4. The van der Waals surface area contributed by atoms with Crippen LogP contribution in [0, 0.1) is 5.41 Å². The van der Waals surface area contributed by atoms with Crippen LogP contribution < -0.4 is 16.0 Å². The molecule has 2 aliphatic heterocycles. The number of benzene rings is 1. The smallest absolute Gasteiger partial charge is 0.291 e. The van der Waals surface area contributed by atoms with Crippen molar-refractivity contribution in [2.24, 2.45) is 5.41 Å². The van der Waals surface area contributed by atoms with Crippen molar-refractivity contribution in [1.29, 1.82) is 0 Å². The molecule has 1 amide bonds. The van der Waals surface area contributed by atoms with Gasteiger partial charge in [0.15, 0.2) is 5.65 Å². The van der Waals surface area contributed by atoms with Crippen LogP contribution in [-0.4, -0.2) is 83.8 Å². The van der Waals surface area contributed by atoms with E-state index in [0.29, 0.717) is 23.5 Å². The van der Waals surface area contributed by atoms with E-state index >= 15 is 0 Å². The molecule has 2 saturated heterocycles. The van der Waals surface area contributed by atoms with E-state index in [-0.39, 0.29) is 29.3 Å². The van der Waals surface area contributed by atoms with Gasteiger partial charge in [-0.2, -0.15) is 14.6 Å². The largest absolute Gasteiger partial charge is 0.383 e. The van der Waals surface area contributed by atoms with Gasteiger partial charge in [-0.05, 0) is 44.1 Å². The summed E-state index contributed by atoms with van der Waals surface area (Å²) >= 11 is 0. The Morgan fingerprint density at radius 2 is 1.80 bits per heavy atom. The molecular formula is C34H35N11O. The quantitative estimate of drug-likeness (QED) is 0.261. The number of hydrogen-bond acceptors (Lipinski definition) is 9. The van der Waals surface area contributed by atoms with Crippen LogP contribution in [0.5, 0.6) is 0 Å². The molecule has 1 aromatic carbocycles. The molecular weight excluding hydrogens is 578 g/mol. The first-order valence-electron chi connectivity index (χ1n) is 16.5. The molecule has 4 N–H and O–H groups in total. The number of H-pyrrole nitrogens is 1. The predicted molar refractivity (Wildman–Crippen MR) is 172 cm³/mol. The van der Waals surface area contributed by atoms with Crippen LogP contribution in [0.1, 0.15) is 65.8 Å². The van der Waals surface area contributed by atoms with Gasteiger partial charge in [0.05, 0.1) is 17.6 Å². The number of carbonyl (C=O) groups is 1. The fourth-order valence-electron chi connectivity index (χ4n) is 8.81. The Kier molecular flexibility index (Phi) is 5.50. The van der Waals surface area contributed by atoms with Gasteiger partial charge in [0.25, 0.3) is 5.91 Å². The Labute approximate surface area is 265 Å². The molecule has 12 heteroatoms. The Morgan fingerprint density at radius 3 is 2.52 bits per heavy atom. The highest BCUT2D eigenvalue weighted by molar-refractivity contribution is 5.93. The van der Waals surface area contributed by atoms with Crippen molar-refractivity contribution in [3.63, 3.8) is 0 Å². The molecule has 3 saturated carbocycles. The van der Waals surface area contributed by atoms with Crippen LogP contribution in [0.15, 0.2) is 54.9 Å². The number of nitrogens with zero attached hydrogens (tertiary/aromatic N) is 8. The van der Waals surface area contributed by atoms with E-state index in [1.54, 1.807) is 0 Å². The number of aromatic nitrogens is 7. The first kappa shape index (κ1) is 26.4. The van der Waals surface area contributed by atoms with E-state index in [4.69, 9.17) is 20.8 Å². The average Bonchev–Trinajstić information content (AvgIpc) is 3.61. The number of piperazine rings is 1. The third-order valence-electron chi connectivity index (χ3n) is 11.4. The summed E-state index contributed by atoms with van der Waals surface area (Å²) in [6, 6.07) is 14.7. The fraction of sp³-hybridized carbons (Fsp3) is 0.412. The maximum atomic E-state index is 13.7. The number of rotatable bonds is 6. The topological polar surface area (TPSA) is 146 Å². The minimum atomic E-state index is -0.0347. The number of nitrogen functional groups attached to an aromatic ring is 1. The summed E-state index contributed by atoms with van der Waals surface area (Å²) in [5.74, 6) is 2.32. The number of amides is 1. The lowest BCUT2D eigenvalue weighted by Gasteiger charge is -2.79. The van der Waals surface area contributed by atoms with Crippen molar-refractivity contribution in [2.45, 2.75) is 56.0 Å². The average molecular weight is 614 g/mol. The minimum absolute atomic E-state index is 0.0347. The Hall–Kier alpha value is -4.84. The van der Waals surface area contributed by atoms with Gasteiger partial charge in [-0.15, -0.1) is 5.10 Å². The number of carbonyl (C=O) groups excluding carboxylic acids is 1. The standard InChI is InChI=1S/C34H35N11O/c35-29-27(20-6-7-20)28(39-31-22(18-38-45(29)31)21-8-9-24(37-17-21)19-4-2-1-3-5-19)23-16-26-34(23)11-10-25(34)44(26)32(46)30-40-33(42-41-30)43-14-12-36-13-15-43/h1-5,8-9,17-18,20,23,25-26,36H,6-7,10-16,35H2,(H,40,41,42). The number of nitrogens with one attached hydrogen (secondary N) is 2. The summed E-state index contributed by atoms with van der Waals surface area (Å²) in [6.45, 7) is 3.46. The first-order valence-corrected chi connectivity index (χ1v) is 16.5. The molecule has 5 aliphatic rings. The number of fused-ring (bicyclic) bond motifs is 1. The van der Waals surface area contributed by atoms with Crippen molar-refractivity contribution < 1.29 is 4.79 Å². The number of likely N-dealkylation sites (tertiary alicyclic amines) is 1. The number of aromatic amines is 1. The van der Waals surface area contributed by atoms with Crippen LogP contribution in [0.3, 0.4) is 0 Å². The van der Waals surface area contributed by atoms with Crippen molar-refractivity contribution >= 4 is 23.3 Å². The van der Waals surface area contributed by atoms with Crippen LogP contribution in [0.4, 0.5) is 11.8 Å². The molecule has 4 unspecified atom stereocenters. The van der Waals surface area contributed by atoms with Crippen LogP contribution >= 0.6 is 0 Å². The molecule has 5 aromatic rings. The molecule has 12 nitrogen and oxygen atoms in total. The van der Waals surface area contributed by atoms with Crippen LogP contribution in [0.25, 0.3) is 28.0 Å². The highest BCUT2D eigenvalue weighted by Crippen LogP contribution is 2.74. The lowest BCUT2D eigenvalue weighted by molar-refractivity contribution is -0.256. The Balaban J connectivity index is 0.963. The van der Waals surface area contributed by atoms with E-state index in [9.17, 15) is 4.79 Å². The molecule has 5 fully saturated rings. The van der Waals surface area contributed by atoms with Gasteiger partial charge in [-0.3, -0.25) is 14.9 Å². The molecule has 46 heavy (non-hydrogen) atoms. The lowest BCUT2D eigenvalue weighted by Crippen LogP contribution is -2.85. The van der Waals surface area contributed by atoms with Crippen molar-refractivity contribution in [2.75, 3.05) is 36.8 Å². The molecule has 4 aromatic heterocycles. The minimum Gasteiger partial charge on any atom is -0.383 e. The zero-order valence-corrected chi connectivity index (χ0v) is 25.4. The normalized spacial score (nSPS) is 26.6. The zero-order valence-electron chi connectivity index (χ0n) is 25.4. The van der Waals surface area contributed by atoms with Gasteiger partial charge >= 0.3 is 0 Å². The maximum Gasteiger partial charge on any atom is 0.291 e. The summed E-state index contributed by atoms with van der Waals surface area (Å²) in [6.07, 6.45) is 9.02. The number of piperidine rings is 2. The van der Waals surface area contributed by atoms with Gasteiger partial charge < -0.3 is 20.9 Å². The van der Waals surface area contributed by atoms with Crippen molar-refractivity contribution in [3.8, 4) is 22.4 Å². The summed E-state index contributed by atoms with van der Waals surface area (Å²) in [7, 11) is 0. The second kappa shape index (κ2) is 9.58. The molecule has 0 radical (unpaired) electrons. The SMILES string of the molecule is Nc1c(C2CC2)c(C2CC3N(C(=O)c4nc(N5CCNCC5)n[nH]4)C4CCC243)nc2c(-c3ccc(-c4ccccc4)nc3)cnn12. The molecule has 6 heterocycles. The van der Waals surface area contributed by atoms with E-state index in [2.05, 4.69) is 48.5 Å². The van der Waals surface area contributed by atoms with E-state index in [1.807, 2.05) is 41.2 Å². The van der Waals surface area contributed by atoms with Gasteiger partial charge in [-0.1, -0.05) is 36.4 Å². The van der Waals surface area contributed by atoms with Gasteiger partial charge in [0, 0.05) is 78.0 Å². The maximum absolute atomic E-state index is 13.7. The molecule has 232 valence electrons. The number of nitrogens with two attached hydrogens (primary N) is 1. The monoisotopic (exact) mass is 613 g/mol. The van der Waals surface area contributed by atoms with E-state index in [1.165, 1.54) is 5.56 Å². The van der Waals surface area contributed by atoms with Crippen LogP contribution in [-0.2, 0) is 0 Å².